The summed E-state index contributed by atoms with van der Waals surface area (Å²) in [5, 5.41) is 11.5. The molecule has 1 atom stereocenters. The van der Waals surface area contributed by atoms with E-state index in [1.807, 2.05) is 0 Å². The monoisotopic (exact) mass is 233 g/mol. The fraction of sp³-hybridized carbons (Fsp3) is 1.00. The van der Waals surface area contributed by atoms with Crippen LogP contribution in [0.1, 0.15) is 0 Å². The Morgan fingerprint density at radius 1 is 1.50 bits per heavy atom. The predicted octanol–water partition coefficient (Wildman–Crippen LogP) is 0.836. The second-order valence-electron chi connectivity index (χ2n) is 2.58. The molecule has 1 unspecified atom stereocenters. The van der Waals surface area contributed by atoms with Gasteiger partial charge in [-0.15, -0.1) is 0 Å². The molecule has 0 bridgehead atoms. The van der Waals surface area contributed by atoms with Gasteiger partial charge in [-0.3, -0.25) is 0 Å². The first-order valence-electron chi connectivity index (χ1n) is 4.03. The molecular weight excluding hydrogens is 219 g/mol. The van der Waals surface area contributed by atoms with E-state index in [2.05, 4.69) is 5.32 Å². The molecule has 0 radical (unpaired) electrons. The number of thioether (sulfide) groups is 1. The van der Waals surface area contributed by atoms with Crippen LogP contribution in [0.4, 0.5) is 13.2 Å². The predicted molar refractivity (Wildman–Crippen MR) is 49.3 cm³/mol. The molecule has 0 spiro atoms. The summed E-state index contributed by atoms with van der Waals surface area (Å²) in [7, 11) is 1.47. The largest absolute Gasteiger partial charge is 0.441 e. The van der Waals surface area contributed by atoms with Crippen molar-refractivity contribution in [3.8, 4) is 0 Å². The molecule has 0 aliphatic heterocycles. The van der Waals surface area contributed by atoms with Gasteiger partial charge in [0.05, 0.1) is 19.3 Å². The molecule has 0 heterocycles. The molecule has 0 saturated carbocycles. The molecular formula is C7H14F3NO2S. The van der Waals surface area contributed by atoms with Crippen LogP contribution in [0, 0.1) is 0 Å². The third-order valence-corrected chi connectivity index (χ3v) is 2.12. The fourth-order valence-corrected chi connectivity index (χ4v) is 1.26. The minimum Gasteiger partial charge on any atom is -0.395 e. The topological polar surface area (TPSA) is 41.5 Å². The van der Waals surface area contributed by atoms with Crippen LogP contribution in [0.25, 0.3) is 0 Å². The summed E-state index contributed by atoms with van der Waals surface area (Å²) in [5.41, 5.74) is -4.18. The summed E-state index contributed by atoms with van der Waals surface area (Å²) in [4.78, 5) is 0. The van der Waals surface area contributed by atoms with Gasteiger partial charge in [0, 0.05) is 19.4 Å². The highest BCUT2D eigenvalue weighted by Crippen LogP contribution is 2.29. The maximum absolute atomic E-state index is 11.7. The molecule has 86 valence electrons. The number of ether oxygens (including phenoxy) is 1. The SMILES string of the molecule is COCC(CO)NCCSC(F)(F)F. The number of halogens is 3. The minimum absolute atomic E-state index is 0.0658. The summed E-state index contributed by atoms with van der Waals surface area (Å²) in [6, 6.07) is -0.297. The fourth-order valence-electron chi connectivity index (χ4n) is 0.807. The lowest BCUT2D eigenvalue weighted by molar-refractivity contribution is -0.0327. The van der Waals surface area contributed by atoms with Crippen molar-refractivity contribution >= 4 is 11.8 Å². The molecule has 14 heavy (non-hydrogen) atoms. The van der Waals surface area contributed by atoms with Gasteiger partial charge in [0.15, 0.2) is 0 Å². The van der Waals surface area contributed by atoms with E-state index in [0.717, 1.165) is 0 Å². The van der Waals surface area contributed by atoms with Crippen LogP contribution in [0.3, 0.4) is 0 Å². The smallest absolute Gasteiger partial charge is 0.395 e. The lowest BCUT2D eigenvalue weighted by atomic mass is 10.3. The number of nitrogens with one attached hydrogen (secondary N) is 1. The van der Waals surface area contributed by atoms with E-state index < -0.39 is 5.51 Å². The number of alkyl halides is 3. The van der Waals surface area contributed by atoms with Crippen molar-refractivity contribution in [3.63, 3.8) is 0 Å². The molecule has 0 aliphatic carbocycles. The highest BCUT2D eigenvalue weighted by molar-refractivity contribution is 8.00. The highest BCUT2D eigenvalue weighted by atomic mass is 32.2. The molecule has 0 rings (SSSR count). The lowest BCUT2D eigenvalue weighted by Gasteiger charge is -2.15. The van der Waals surface area contributed by atoms with E-state index in [-0.39, 0.29) is 43.3 Å². The van der Waals surface area contributed by atoms with E-state index in [1.54, 1.807) is 0 Å². The van der Waals surface area contributed by atoms with Gasteiger partial charge in [0.25, 0.3) is 0 Å². The molecule has 0 saturated heterocycles. The number of hydrogen-bond acceptors (Lipinski definition) is 4. The highest BCUT2D eigenvalue weighted by Gasteiger charge is 2.27. The zero-order chi connectivity index (χ0) is 11.0. The van der Waals surface area contributed by atoms with Gasteiger partial charge in [0.2, 0.25) is 0 Å². The van der Waals surface area contributed by atoms with Crippen molar-refractivity contribution < 1.29 is 23.0 Å². The summed E-state index contributed by atoms with van der Waals surface area (Å²) < 4.78 is 39.8. The van der Waals surface area contributed by atoms with Gasteiger partial charge in [-0.25, -0.2) is 0 Å². The maximum Gasteiger partial charge on any atom is 0.441 e. The van der Waals surface area contributed by atoms with Crippen molar-refractivity contribution in [1.82, 2.24) is 5.32 Å². The maximum atomic E-state index is 11.7. The van der Waals surface area contributed by atoms with Crippen LogP contribution < -0.4 is 5.32 Å². The first-order valence-corrected chi connectivity index (χ1v) is 5.02. The third kappa shape index (κ3) is 8.61. The Bertz CT molecular complexity index is 145. The molecule has 3 nitrogen and oxygen atoms in total. The van der Waals surface area contributed by atoms with Gasteiger partial charge in [-0.2, -0.15) is 13.2 Å². The molecule has 7 heteroatoms. The van der Waals surface area contributed by atoms with E-state index in [4.69, 9.17) is 9.84 Å². The van der Waals surface area contributed by atoms with E-state index in [0.29, 0.717) is 0 Å². The zero-order valence-electron chi connectivity index (χ0n) is 7.80. The van der Waals surface area contributed by atoms with Crippen LogP contribution >= 0.6 is 11.8 Å². The normalized spacial score (nSPS) is 14.4. The average Bonchev–Trinajstić information content (AvgIpc) is 2.08. The number of aliphatic hydroxyl groups excluding tert-OH is 1. The van der Waals surface area contributed by atoms with Crippen LogP contribution in [0.5, 0.6) is 0 Å². The molecule has 0 aromatic carbocycles. The Morgan fingerprint density at radius 3 is 2.57 bits per heavy atom. The average molecular weight is 233 g/mol. The third-order valence-electron chi connectivity index (χ3n) is 1.39. The summed E-state index contributed by atoms with van der Waals surface area (Å²) in [6.45, 7) is 0.330. The van der Waals surface area contributed by atoms with Gasteiger partial charge in [-0.05, 0) is 11.8 Å². The molecule has 0 fully saturated rings. The van der Waals surface area contributed by atoms with Crippen molar-refractivity contribution in [2.75, 3.05) is 32.6 Å². The van der Waals surface area contributed by atoms with Crippen LogP contribution in [-0.4, -0.2) is 49.3 Å². The zero-order valence-corrected chi connectivity index (χ0v) is 8.62. The second-order valence-corrected chi connectivity index (χ2v) is 3.74. The summed E-state index contributed by atoms with van der Waals surface area (Å²) in [6.07, 6.45) is 0. The Balaban J connectivity index is 3.42. The standard InChI is InChI=1S/C7H14F3NO2S/c1-13-5-6(4-12)11-2-3-14-7(8,9)10/h6,11-12H,2-5H2,1H3. The van der Waals surface area contributed by atoms with Crippen molar-refractivity contribution in [1.29, 1.82) is 0 Å². The molecule has 0 aliphatic rings. The Morgan fingerprint density at radius 2 is 2.14 bits per heavy atom. The Hall–Kier alpha value is 0.0200. The quantitative estimate of drug-likeness (QED) is 0.639. The molecule has 0 aromatic heterocycles. The van der Waals surface area contributed by atoms with Crippen molar-refractivity contribution in [2.24, 2.45) is 0 Å². The van der Waals surface area contributed by atoms with Gasteiger partial charge in [-0.1, -0.05) is 0 Å². The Labute approximate surface area is 85.0 Å². The first kappa shape index (κ1) is 14.0. The van der Waals surface area contributed by atoms with E-state index in [1.165, 1.54) is 7.11 Å². The van der Waals surface area contributed by atoms with Crippen LogP contribution in [0.15, 0.2) is 0 Å². The summed E-state index contributed by atoms with van der Waals surface area (Å²) >= 11 is -0.0808. The molecule has 0 amide bonds. The van der Waals surface area contributed by atoms with E-state index >= 15 is 0 Å². The molecule has 2 N–H and O–H groups in total. The number of rotatable bonds is 7. The van der Waals surface area contributed by atoms with Gasteiger partial charge in [0.1, 0.15) is 0 Å². The molecule has 0 aromatic rings. The number of aliphatic hydroxyl groups is 1. The summed E-state index contributed by atoms with van der Waals surface area (Å²) in [5.74, 6) is -0.0658. The Kier molecular flexibility index (Phi) is 7.34. The lowest BCUT2D eigenvalue weighted by Crippen LogP contribution is -2.37. The number of hydrogen-bond donors (Lipinski definition) is 2. The first-order chi connectivity index (χ1) is 6.49. The van der Waals surface area contributed by atoms with Crippen LogP contribution in [0.2, 0.25) is 0 Å². The van der Waals surface area contributed by atoms with Crippen molar-refractivity contribution in [3.05, 3.63) is 0 Å². The van der Waals surface area contributed by atoms with Gasteiger partial charge < -0.3 is 15.2 Å². The minimum atomic E-state index is -4.18. The van der Waals surface area contributed by atoms with Crippen LogP contribution in [-0.2, 0) is 4.74 Å². The van der Waals surface area contributed by atoms with E-state index in [9.17, 15) is 13.2 Å². The second kappa shape index (κ2) is 7.33. The van der Waals surface area contributed by atoms with Gasteiger partial charge >= 0.3 is 5.51 Å². The van der Waals surface area contributed by atoms with Crippen molar-refractivity contribution in [2.45, 2.75) is 11.6 Å². The number of methoxy groups -OCH3 is 1.